The summed E-state index contributed by atoms with van der Waals surface area (Å²) in [4.78, 5) is 22.9. The molecule has 7 nitrogen and oxygen atoms in total. The normalized spacial score (nSPS) is 32.5. The number of nitrogens with one attached hydrogen (secondary N) is 1. The van der Waals surface area contributed by atoms with Crippen molar-refractivity contribution in [1.29, 1.82) is 0 Å². The fourth-order valence-corrected chi connectivity index (χ4v) is 3.04. The second-order valence-electron chi connectivity index (χ2n) is 5.93. The van der Waals surface area contributed by atoms with Crippen LogP contribution in [0, 0.1) is 0 Å². The summed E-state index contributed by atoms with van der Waals surface area (Å²) in [5, 5.41) is 2.76. The Morgan fingerprint density at radius 2 is 1.88 bits per heavy atom. The summed E-state index contributed by atoms with van der Waals surface area (Å²) in [7, 11) is 0. The molecule has 2 saturated heterocycles. The minimum absolute atomic E-state index is 0.217. The number of carbonyl (C=O) groups excluding carboxylic acids is 2. The number of ether oxygens (including phenoxy) is 4. The molecule has 2 fully saturated rings. The van der Waals surface area contributed by atoms with Crippen molar-refractivity contribution in [1.82, 2.24) is 5.32 Å². The third-order valence-corrected chi connectivity index (χ3v) is 4.03. The molecule has 2 aliphatic rings. The Labute approximate surface area is 140 Å². The Balaban J connectivity index is 1.79. The van der Waals surface area contributed by atoms with Crippen LogP contribution in [0.15, 0.2) is 30.3 Å². The van der Waals surface area contributed by atoms with Gasteiger partial charge in [0.15, 0.2) is 12.4 Å². The number of esters is 1. The molecule has 0 bridgehead atoms. The summed E-state index contributed by atoms with van der Waals surface area (Å²) in [6.45, 7) is 3.31. The van der Waals surface area contributed by atoms with Gasteiger partial charge < -0.3 is 24.3 Å². The molecule has 3 rings (SSSR count). The molecule has 1 aromatic rings. The minimum atomic E-state index is -0.625. The number of hydrogen-bond acceptors (Lipinski definition) is 6. The van der Waals surface area contributed by atoms with Gasteiger partial charge in [-0.1, -0.05) is 30.3 Å². The first kappa shape index (κ1) is 16.9. The van der Waals surface area contributed by atoms with Gasteiger partial charge in [-0.05, 0) is 0 Å². The highest BCUT2D eigenvalue weighted by Crippen LogP contribution is 2.33. The molecule has 24 heavy (non-hydrogen) atoms. The lowest BCUT2D eigenvalue weighted by atomic mass is 9.96. The maximum Gasteiger partial charge on any atom is 0.303 e. The average Bonchev–Trinajstić information content (AvgIpc) is 2.56. The smallest absolute Gasteiger partial charge is 0.303 e. The number of hydrogen-bond donors (Lipinski definition) is 1. The van der Waals surface area contributed by atoms with Crippen LogP contribution in [0.25, 0.3) is 0 Å². The van der Waals surface area contributed by atoms with Crippen LogP contribution in [0.1, 0.15) is 25.7 Å². The number of rotatable bonds is 3. The quantitative estimate of drug-likeness (QED) is 0.828. The number of amides is 1. The molecule has 0 saturated carbocycles. The van der Waals surface area contributed by atoms with E-state index in [1.54, 1.807) is 0 Å². The molecule has 5 atom stereocenters. The Kier molecular flexibility index (Phi) is 5.13. The van der Waals surface area contributed by atoms with Crippen molar-refractivity contribution in [3.8, 4) is 0 Å². The Morgan fingerprint density at radius 3 is 2.54 bits per heavy atom. The Bertz CT molecular complexity index is 592. The van der Waals surface area contributed by atoms with Gasteiger partial charge in [0.25, 0.3) is 0 Å². The molecule has 1 N–H and O–H groups in total. The number of carbonyl (C=O) groups is 2. The fraction of sp³-hybridized carbons (Fsp3) is 0.529. The van der Waals surface area contributed by atoms with Crippen molar-refractivity contribution in [2.24, 2.45) is 0 Å². The molecule has 0 aromatic heterocycles. The van der Waals surface area contributed by atoms with Crippen molar-refractivity contribution in [2.75, 3.05) is 13.2 Å². The third-order valence-electron chi connectivity index (χ3n) is 4.03. The van der Waals surface area contributed by atoms with Gasteiger partial charge in [0, 0.05) is 19.4 Å². The van der Waals surface area contributed by atoms with E-state index in [1.807, 2.05) is 30.3 Å². The van der Waals surface area contributed by atoms with Crippen LogP contribution in [0.2, 0.25) is 0 Å². The van der Waals surface area contributed by atoms with Crippen molar-refractivity contribution in [3.05, 3.63) is 35.9 Å². The van der Waals surface area contributed by atoms with Crippen LogP contribution in [-0.4, -0.2) is 49.4 Å². The van der Waals surface area contributed by atoms with Crippen molar-refractivity contribution in [3.63, 3.8) is 0 Å². The maximum absolute atomic E-state index is 11.5. The number of fused-ring (bicyclic) bond motifs is 1. The largest absolute Gasteiger partial charge is 0.457 e. The van der Waals surface area contributed by atoms with E-state index in [2.05, 4.69) is 5.32 Å². The average molecular weight is 335 g/mol. The minimum Gasteiger partial charge on any atom is -0.457 e. The van der Waals surface area contributed by atoms with Gasteiger partial charge in [0.1, 0.15) is 12.2 Å². The van der Waals surface area contributed by atoms with Crippen molar-refractivity contribution < 1.29 is 28.5 Å². The number of benzene rings is 1. The molecule has 130 valence electrons. The van der Waals surface area contributed by atoms with E-state index < -0.39 is 30.5 Å². The molecule has 2 heterocycles. The van der Waals surface area contributed by atoms with E-state index in [9.17, 15) is 9.59 Å². The van der Waals surface area contributed by atoms with E-state index >= 15 is 0 Å². The van der Waals surface area contributed by atoms with Crippen LogP contribution in [0.5, 0.6) is 0 Å². The lowest BCUT2D eigenvalue weighted by Crippen LogP contribution is -2.63. The second kappa shape index (κ2) is 7.29. The third kappa shape index (κ3) is 3.75. The Morgan fingerprint density at radius 1 is 1.12 bits per heavy atom. The summed E-state index contributed by atoms with van der Waals surface area (Å²) in [5.74, 6) is -0.645. The highest BCUT2D eigenvalue weighted by molar-refractivity contribution is 5.73. The topological polar surface area (TPSA) is 83.1 Å². The zero-order valence-electron chi connectivity index (χ0n) is 13.6. The monoisotopic (exact) mass is 335 g/mol. The highest BCUT2D eigenvalue weighted by atomic mass is 16.7. The molecule has 0 aliphatic carbocycles. The molecule has 7 heteroatoms. The van der Waals surface area contributed by atoms with E-state index in [0.29, 0.717) is 6.61 Å². The van der Waals surface area contributed by atoms with Gasteiger partial charge >= 0.3 is 5.97 Å². The van der Waals surface area contributed by atoms with Gasteiger partial charge in [-0.15, -0.1) is 0 Å². The lowest BCUT2D eigenvalue weighted by molar-refractivity contribution is -0.304. The summed E-state index contributed by atoms with van der Waals surface area (Å²) in [6, 6.07) is 9.06. The van der Waals surface area contributed by atoms with Gasteiger partial charge in [-0.25, -0.2) is 0 Å². The van der Waals surface area contributed by atoms with Crippen LogP contribution < -0.4 is 5.32 Å². The van der Waals surface area contributed by atoms with Crippen molar-refractivity contribution in [2.45, 2.75) is 44.5 Å². The standard InChI is InChI=1S/C17H21NO6/c1-10(19)18-13-8-21-14-9-22-17(12-6-4-3-5-7-12)24-16(14)15(13)23-11(2)20/h3-7,13-17H,8-9H2,1-2H3,(H,18,19)/t13?,14?,15?,16-,17?/m1/s1. The predicted octanol–water partition coefficient (Wildman–Crippen LogP) is 0.936. The molecular formula is C17H21NO6. The van der Waals surface area contributed by atoms with Crippen LogP contribution in [0.4, 0.5) is 0 Å². The summed E-state index contributed by atoms with van der Waals surface area (Å²) in [5.41, 5.74) is 0.874. The summed E-state index contributed by atoms with van der Waals surface area (Å²) in [6.07, 6.45) is -2.05. The molecular weight excluding hydrogens is 314 g/mol. The first-order chi connectivity index (χ1) is 11.5. The lowest BCUT2D eigenvalue weighted by Gasteiger charge is -2.45. The maximum atomic E-state index is 11.5. The van der Waals surface area contributed by atoms with Crippen LogP contribution in [0.3, 0.4) is 0 Å². The Hall–Kier alpha value is -1.96. The van der Waals surface area contributed by atoms with Crippen molar-refractivity contribution >= 4 is 11.9 Å². The van der Waals surface area contributed by atoms with E-state index in [1.165, 1.54) is 13.8 Å². The highest BCUT2D eigenvalue weighted by Gasteiger charge is 2.47. The van der Waals surface area contributed by atoms with Gasteiger partial charge in [0.05, 0.1) is 19.3 Å². The second-order valence-corrected chi connectivity index (χ2v) is 5.93. The first-order valence-electron chi connectivity index (χ1n) is 7.92. The zero-order valence-corrected chi connectivity index (χ0v) is 13.6. The molecule has 1 amide bonds. The molecule has 0 spiro atoms. The molecule has 4 unspecified atom stereocenters. The SMILES string of the molecule is CC(=O)NC1COC2COC(c3ccccc3)O[C@H]2C1OC(C)=O. The van der Waals surface area contributed by atoms with Gasteiger partial charge in [0.2, 0.25) is 5.91 Å². The molecule has 0 radical (unpaired) electrons. The van der Waals surface area contributed by atoms with E-state index in [0.717, 1.165) is 5.56 Å². The molecule has 1 aromatic carbocycles. The van der Waals surface area contributed by atoms with Gasteiger partial charge in [-0.2, -0.15) is 0 Å². The van der Waals surface area contributed by atoms with E-state index in [-0.39, 0.29) is 18.6 Å². The summed E-state index contributed by atoms with van der Waals surface area (Å²) >= 11 is 0. The van der Waals surface area contributed by atoms with E-state index in [4.69, 9.17) is 18.9 Å². The van der Waals surface area contributed by atoms with Gasteiger partial charge in [-0.3, -0.25) is 9.59 Å². The van der Waals surface area contributed by atoms with Crippen LogP contribution in [-0.2, 0) is 28.5 Å². The van der Waals surface area contributed by atoms with Crippen LogP contribution >= 0.6 is 0 Å². The molecule has 2 aliphatic heterocycles. The zero-order chi connectivity index (χ0) is 17.1. The fourth-order valence-electron chi connectivity index (χ4n) is 3.04. The summed E-state index contributed by atoms with van der Waals surface area (Å²) < 4.78 is 22.9. The predicted molar refractivity (Wildman–Crippen MR) is 82.9 cm³/mol. The first-order valence-corrected chi connectivity index (χ1v) is 7.92.